The summed E-state index contributed by atoms with van der Waals surface area (Å²) in [6, 6.07) is 14.0. The average molecular weight is 199 g/mol. The second kappa shape index (κ2) is 4.13. The minimum Gasteiger partial charge on any atom is -0.494 e. The Labute approximate surface area is 89.6 Å². The summed E-state index contributed by atoms with van der Waals surface area (Å²) in [7, 11) is 1.67. The van der Waals surface area contributed by atoms with Gasteiger partial charge in [0.25, 0.3) is 0 Å². The molecular formula is C13H13NO. The van der Waals surface area contributed by atoms with Crippen LogP contribution in [0.25, 0.3) is 11.3 Å². The third kappa shape index (κ3) is 1.99. The van der Waals surface area contributed by atoms with Crippen LogP contribution in [0.2, 0.25) is 0 Å². The largest absolute Gasteiger partial charge is 0.494 e. The molecule has 76 valence electrons. The van der Waals surface area contributed by atoms with Gasteiger partial charge in [0, 0.05) is 11.3 Å². The molecule has 2 heteroatoms. The van der Waals surface area contributed by atoms with E-state index in [-0.39, 0.29) is 0 Å². The molecule has 0 spiro atoms. The van der Waals surface area contributed by atoms with Crippen molar-refractivity contribution in [3.63, 3.8) is 0 Å². The van der Waals surface area contributed by atoms with Gasteiger partial charge in [0.05, 0.1) is 7.11 Å². The minimum absolute atomic E-state index is 0.812. The van der Waals surface area contributed by atoms with Gasteiger partial charge in [-0.2, -0.15) is 0 Å². The Balaban J connectivity index is 2.56. The summed E-state index contributed by atoms with van der Waals surface area (Å²) < 4.78 is 5.29. The fourth-order valence-electron chi connectivity index (χ4n) is 1.51. The first-order valence-electron chi connectivity index (χ1n) is 4.88. The van der Waals surface area contributed by atoms with E-state index in [4.69, 9.17) is 4.74 Å². The van der Waals surface area contributed by atoms with Crippen molar-refractivity contribution < 1.29 is 4.74 Å². The van der Waals surface area contributed by atoms with Gasteiger partial charge in [0.2, 0.25) is 0 Å². The molecule has 0 radical (unpaired) electrons. The Hall–Kier alpha value is -1.83. The van der Waals surface area contributed by atoms with E-state index in [0.29, 0.717) is 0 Å². The van der Waals surface area contributed by atoms with Crippen LogP contribution in [0.1, 0.15) is 5.69 Å². The first kappa shape index (κ1) is 9.71. The summed E-state index contributed by atoms with van der Waals surface area (Å²) in [5.74, 6) is 0.812. The lowest BCUT2D eigenvalue weighted by Gasteiger charge is -2.08. The van der Waals surface area contributed by atoms with Gasteiger partial charge in [-0.25, -0.2) is 4.98 Å². The van der Waals surface area contributed by atoms with E-state index >= 15 is 0 Å². The number of nitrogens with zero attached hydrogens (tertiary/aromatic N) is 1. The lowest BCUT2D eigenvalue weighted by Crippen LogP contribution is -1.92. The zero-order chi connectivity index (χ0) is 10.7. The van der Waals surface area contributed by atoms with Crippen molar-refractivity contribution in [3.8, 4) is 17.0 Å². The summed E-state index contributed by atoms with van der Waals surface area (Å²) >= 11 is 0. The Morgan fingerprint density at radius 1 is 1.00 bits per heavy atom. The molecule has 0 unspecified atom stereocenters. The highest BCUT2D eigenvalue weighted by molar-refractivity contribution is 5.66. The summed E-state index contributed by atoms with van der Waals surface area (Å²) in [5, 5.41) is 0. The van der Waals surface area contributed by atoms with Crippen molar-refractivity contribution in [2.45, 2.75) is 6.92 Å². The van der Waals surface area contributed by atoms with Crippen LogP contribution >= 0.6 is 0 Å². The summed E-state index contributed by atoms with van der Waals surface area (Å²) in [6.45, 7) is 1.98. The second-order valence-electron chi connectivity index (χ2n) is 3.37. The van der Waals surface area contributed by atoms with E-state index in [0.717, 1.165) is 22.7 Å². The van der Waals surface area contributed by atoms with Crippen LogP contribution in [0.4, 0.5) is 0 Å². The molecule has 15 heavy (non-hydrogen) atoms. The number of rotatable bonds is 2. The first-order chi connectivity index (χ1) is 7.31. The molecule has 0 aliphatic rings. The monoisotopic (exact) mass is 199 g/mol. The predicted octanol–water partition coefficient (Wildman–Crippen LogP) is 3.07. The summed E-state index contributed by atoms with van der Waals surface area (Å²) in [6.07, 6.45) is 0. The molecule has 0 bridgehead atoms. The number of benzene rings is 1. The topological polar surface area (TPSA) is 22.1 Å². The Morgan fingerprint density at radius 3 is 2.40 bits per heavy atom. The van der Waals surface area contributed by atoms with E-state index in [9.17, 15) is 0 Å². The third-order valence-corrected chi connectivity index (χ3v) is 2.26. The van der Waals surface area contributed by atoms with Crippen LogP contribution < -0.4 is 4.74 Å². The highest BCUT2D eigenvalue weighted by Crippen LogP contribution is 2.27. The van der Waals surface area contributed by atoms with Crippen LogP contribution in [0.3, 0.4) is 0 Å². The van der Waals surface area contributed by atoms with E-state index < -0.39 is 0 Å². The van der Waals surface area contributed by atoms with Gasteiger partial charge in [-0.3, -0.25) is 0 Å². The SMILES string of the molecule is COc1ccc(C)nc1-c1ccccc1. The molecule has 2 rings (SSSR count). The number of aromatic nitrogens is 1. The molecule has 0 aliphatic carbocycles. The fraction of sp³-hybridized carbons (Fsp3) is 0.154. The average Bonchev–Trinajstić information content (AvgIpc) is 2.30. The van der Waals surface area contributed by atoms with Gasteiger partial charge >= 0.3 is 0 Å². The van der Waals surface area contributed by atoms with Crippen LogP contribution in [0, 0.1) is 6.92 Å². The zero-order valence-corrected chi connectivity index (χ0v) is 8.90. The van der Waals surface area contributed by atoms with Crippen molar-refractivity contribution in [1.29, 1.82) is 0 Å². The van der Waals surface area contributed by atoms with Gasteiger partial charge in [0.15, 0.2) is 0 Å². The Morgan fingerprint density at radius 2 is 1.73 bits per heavy atom. The van der Waals surface area contributed by atoms with Crippen LogP contribution in [0.15, 0.2) is 42.5 Å². The van der Waals surface area contributed by atoms with Crippen molar-refractivity contribution in [3.05, 3.63) is 48.2 Å². The zero-order valence-electron chi connectivity index (χ0n) is 8.90. The highest BCUT2D eigenvalue weighted by atomic mass is 16.5. The van der Waals surface area contributed by atoms with E-state index in [1.54, 1.807) is 7.11 Å². The molecule has 0 aliphatic heterocycles. The Bertz CT molecular complexity index is 451. The van der Waals surface area contributed by atoms with Gasteiger partial charge in [0.1, 0.15) is 11.4 Å². The molecule has 0 amide bonds. The summed E-state index contributed by atoms with van der Waals surface area (Å²) in [4.78, 5) is 4.49. The highest BCUT2D eigenvalue weighted by Gasteiger charge is 2.06. The molecule has 0 saturated heterocycles. The molecule has 1 aromatic heterocycles. The van der Waals surface area contributed by atoms with Crippen LogP contribution in [0.5, 0.6) is 5.75 Å². The van der Waals surface area contributed by atoms with Crippen molar-refractivity contribution in [2.24, 2.45) is 0 Å². The smallest absolute Gasteiger partial charge is 0.145 e. The Kier molecular flexibility index (Phi) is 2.68. The van der Waals surface area contributed by atoms with Crippen LogP contribution in [-0.4, -0.2) is 12.1 Å². The van der Waals surface area contributed by atoms with Gasteiger partial charge in [-0.1, -0.05) is 30.3 Å². The quantitative estimate of drug-likeness (QED) is 0.741. The molecule has 0 fully saturated rings. The first-order valence-corrected chi connectivity index (χ1v) is 4.88. The number of hydrogen-bond acceptors (Lipinski definition) is 2. The summed E-state index contributed by atoms with van der Waals surface area (Å²) in [5.41, 5.74) is 2.98. The fourth-order valence-corrected chi connectivity index (χ4v) is 1.51. The third-order valence-electron chi connectivity index (χ3n) is 2.26. The lowest BCUT2D eigenvalue weighted by atomic mass is 10.1. The molecule has 1 heterocycles. The molecule has 2 nitrogen and oxygen atoms in total. The minimum atomic E-state index is 0.812. The maximum Gasteiger partial charge on any atom is 0.145 e. The van der Waals surface area contributed by atoms with Crippen molar-refractivity contribution >= 4 is 0 Å². The molecule has 2 aromatic rings. The van der Waals surface area contributed by atoms with Gasteiger partial charge in [-0.15, -0.1) is 0 Å². The number of pyridine rings is 1. The van der Waals surface area contributed by atoms with E-state index in [1.165, 1.54) is 0 Å². The molecule has 0 N–H and O–H groups in total. The number of hydrogen-bond donors (Lipinski definition) is 0. The lowest BCUT2D eigenvalue weighted by molar-refractivity contribution is 0.414. The van der Waals surface area contributed by atoms with E-state index in [1.807, 2.05) is 49.4 Å². The van der Waals surface area contributed by atoms with Crippen LogP contribution in [-0.2, 0) is 0 Å². The number of ether oxygens (including phenoxy) is 1. The van der Waals surface area contributed by atoms with Gasteiger partial charge < -0.3 is 4.74 Å². The molecule has 0 atom stereocenters. The maximum atomic E-state index is 5.29. The van der Waals surface area contributed by atoms with Crippen molar-refractivity contribution in [2.75, 3.05) is 7.11 Å². The number of methoxy groups -OCH3 is 1. The molecule has 1 aromatic carbocycles. The second-order valence-corrected chi connectivity index (χ2v) is 3.37. The normalized spacial score (nSPS) is 10.0. The van der Waals surface area contributed by atoms with Gasteiger partial charge in [-0.05, 0) is 19.1 Å². The molecular weight excluding hydrogens is 186 g/mol. The molecule has 0 saturated carbocycles. The van der Waals surface area contributed by atoms with E-state index in [2.05, 4.69) is 4.98 Å². The standard InChI is InChI=1S/C13H13NO/c1-10-8-9-12(15-2)13(14-10)11-6-4-3-5-7-11/h3-9H,1-2H3. The van der Waals surface area contributed by atoms with Crippen molar-refractivity contribution in [1.82, 2.24) is 4.98 Å². The number of aryl methyl sites for hydroxylation is 1. The maximum absolute atomic E-state index is 5.29. The predicted molar refractivity (Wildman–Crippen MR) is 61.0 cm³/mol.